The van der Waals surface area contributed by atoms with E-state index in [1.165, 1.54) is 43.2 Å². The third kappa shape index (κ3) is 3.74. The molecule has 1 N–H and O–H groups in total. The van der Waals surface area contributed by atoms with Gasteiger partial charge in [-0.25, -0.2) is 0 Å². The van der Waals surface area contributed by atoms with Gasteiger partial charge in [0.25, 0.3) is 0 Å². The number of nitrogens with one attached hydrogen (secondary N) is 1. The third-order valence-electron chi connectivity index (χ3n) is 3.66. The zero-order chi connectivity index (χ0) is 12.8. The van der Waals surface area contributed by atoms with E-state index in [1.54, 1.807) is 0 Å². The van der Waals surface area contributed by atoms with Gasteiger partial charge in [0.2, 0.25) is 0 Å². The molecule has 100 valence electrons. The van der Waals surface area contributed by atoms with Crippen molar-refractivity contribution in [2.75, 3.05) is 13.2 Å². The quantitative estimate of drug-likeness (QED) is 0.746. The smallest absolute Gasteiger partial charge is 0.119 e. The Morgan fingerprint density at radius 3 is 2.94 bits per heavy atom. The van der Waals surface area contributed by atoms with Gasteiger partial charge in [0, 0.05) is 12.6 Å². The fourth-order valence-corrected chi connectivity index (χ4v) is 2.65. The minimum atomic E-state index is 0.596. The van der Waals surface area contributed by atoms with E-state index in [9.17, 15) is 0 Å². The highest BCUT2D eigenvalue weighted by molar-refractivity contribution is 5.38. The van der Waals surface area contributed by atoms with Gasteiger partial charge in [0.1, 0.15) is 12.4 Å². The Morgan fingerprint density at radius 2 is 2.11 bits per heavy atom. The second kappa shape index (κ2) is 6.79. The van der Waals surface area contributed by atoms with Gasteiger partial charge in [-0.15, -0.1) is 0 Å². The van der Waals surface area contributed by atoms with Crippen LogP contribution in [0.4, 0.5) is 0 Å². The largest absolute Gasteiger partial charge is 0.492 e. The van der Waals surface area contributed by atoms with Gasteiger partial charge < -0.3 is 10.1 Å². The van der Waals surface area contributed by atoms with Crippen LogP contribution >= 0.6 is 0 Å². The predicted molar refractivity (Wildman–Crippen MR) is 76.3 cm³/mol. The molecular formula is C16H25NO. The maximum Gasteiger partial charge on any atom is 0.119 e. The highest BCUT2D eigenvalue weighted by atomic mass is 16.5. The average molecular weight is 247 g/mol. The molecule has 1 aromatic rings. The van der Waals surface area contributed by atoms with Crippen molar-refractivity contribution in [2.24, 2.45) is 0 Å². The lowest BCUT2D eigenvalue weighted by molar-refractivity contribution is 0.304. The molecule has 0 aliphatic heterocycles. The van der Waals surface area contributed by atoms with Crippen molar-refractivity contribution in [3.05, 3.63) is 29.3 Å². The van der Waals surface area contributed by atoms with E-state index >= 15 is 0 Å². The summed E-state index contributed by atoms with van der Waals surface area (Å²) in [6.07, 6.45) is 6.23. The van der Waals surface area contributed by atoms with Crippen LogP contribution in [0.1, 0.15) is 44.2 Å². The Hall–Kier alpha value is -1.02. The minimum absolute atomic E-state index is 0.596. The molecule has 2 rings (SSSR count). The standard InChI is InChI=1S/C16H25NO/c1-3-5-13(2)17-10-11-18-16-9-8-14-6-4-7-15(14)12-16/h8-9,12-13,17H,3-7,10-11H2,1-2H3. The van der Waals surface area contributed by atoms with Gasteiger partial charge in [-0.05, 0) is 55.9 Å². The first-order chi connectivity index (χ1) is 8.79. The second-order valence-electron chi connectivity index (χ2n) is 5.28. The van der Waals surface area contributed by atoms with Crippen LogP contribution in [-0.2, 0) is 12.8 Å². The van der Waals surface area contributed by atoms with Gasteiger partial charge >= 0.3 is 0 Å². The van der Waals surface area contributed by atoms with Crippen molar-refractivity contribution in [1.29, 1.82) is 0 Å². The van der Waals surface area contributed by atoms with Crippen LogP contribution < -0.4 is 10.1 Å². The molecule has 0 saturated heterocycles. The summed E-state index contributed by atoms with van der Waals surface area (Å²) in [6, 6.07) is 7.15. The monoisotopic (exact) mass is 247 g/mol. The molecule has 18 heavy (non-hydrogen) atoms. The number of hydrogen-bond acceptors (Lipinski definition) is 2. The first kappa shape index (κ1) is 13.4. The number of ether oxygens (including phenoxy) is 1. The topological polar surface area (TPSA) is 21.3 Å². The summed E-state index contributed by atoms with van der Waals surface area (Å²) in [7, 11) is 0. The Bertz CT molecular complexity index is 375. The fraction of sp³-hybridized carbons (Fsp3) is 0.625. The lowest BCUT2D eigenvalue weighted by atomic mass is 10.1. The minimum Gasteiger partial charge on any atom is -0.492 e. The van der Waals surface area contributed by atoms with Crippen molar-refractivity contribution in [3.8, 4) is 5.75 Å². The van der Waals surface area contributed by atoms with E-state index in [-0.39, 0.29) is 0 Å². The first-order valence-corrected chi connectivity index (χ1v) is 7.27. The molecule has 0 spiro atoms. The normalized spacial score (nSPS) is 15.4. The van der Waals surface area contributed by atoms with Gasteiger partial charge in [-0.1, -0.05) is 19.4 Å². The summed E-state index contributed by atoms with van der Waals surface area (Å²) in [5.41, 5.74) is 3.00. The highest BCUT2D eigenvalue weighted by Crippen LogP contribution is 2.25. The Morgan fingerprint density at radius 1 is 1.28 bits per heavy atom. The summed E-state index contributed by atoms with van der Waals surface area (Å²) in [5.74, 6) is 1.03. The molecule has 0 fully saturated rings. The summed E-state index contributed by atoms with van der Waals surface area (Å²) < 4.78 is 5.80. The predicted octanol–water partition coefficient (Wildman–Crippen LogP) is 3.33. The van der Waals surface area contributed by atoms with Crippen LogP contribution in [-0.4, -0.2) is 19.2 Å². The molecule has 0 amide bonds. The fourth-order valence-electron chi connectivity index (χ4n) is 2.65. The van der Waals surface area contributed by atoms with Crippen LogP contribution in [0.15, 0.2) is 18.2 Å². The van der Waals surface area contributed by atoms with E-state index in [2.05, 4.69) is 37.4 Å². The number of aryl methyl sites for hydroxylation is 2. The van der Waals surface area contributed by atoms with Gasteiger partial charge in [-0.3, -0.25) is 0 Å². The lowest BCUT2D eigenvalue weighted by Crippen LogP contribution is -2.29. The van der Waals surface area contributed by atoms with E-state index in [0.717, 1.165) is 18.9 Å². The summed E-state index contributed by atoms with van der Waals surface area (Å²) in [5, 5.41) is 3.48. The van der Waals surface area contributed by atoms with Crippen LogP contribution in [0.5, 0.6) is 5.75 Å². The maximum absolute atomic E-state index is 5.80. The second-order valence-corrected chi connectivity index (χ2v) is 5.28. The number of rotatable bonds is 7. The summed E-state index contributed by atoms with van der Waals surface area (Å²) in [4.78, 5) is 0. The molecular weight excluding hydrogens is 222 g/mol. The Labute approximate surface area is 111 Å². The first-order valence-electron chi connectivity index (χ1n) is 7.27. The van der Waals surface area contributed by atoms with Crippen LogP contribution in [0.3, 0.4) is 0 Å². The third-order valence-corrected chi connectivity index (χ3v) is 3.66. The number of fused-ring (bicyclic) bond motifs is 1. The average Bonchev–Trinajstić information content (AvgIpc) is 2.82. The molecule has 1 atom stereocenters. The highest BCUT2D eigenvalue weighted by Gasteiger charge is 2.10. The van der Waals surface area contributed by atoms with Crippen LogP contribution in [0.25, 0.3) is 0 Å². The molecule has 0 aromatic heterocycles. The molecule has 1 aliphatic carbocycles. The van der Waals surface area contributed by atoms with E-state index in [0.29, 0.717) is 6.04 Å². The molecule has 2 heteroatoms. The molecule has 1 unspecified atom stereocenters. The van der Waals surface area contributed by atoms with Crippen molar-refractivity contribution in [3.63, 3.8) is 0 Å². The van der Waals surface area contributed by atoms with Gasteiger partial charge in [-0.2, -0.15) is 0 Å². The zero-order valence-corrected chi connectivity index (χ0v) is 11.7. The zero-order valence-electron chi connectivity index (χ0n) is 11.7. The number of benzene rings is 1. The maximum atomic E-state index is 5.80. The Kier molecular flexibility index (Phi) is 5.06. The van der Waals surface area contributed by atoms with Crippen molar-refractivity contribution in [1.82, 2.24) is 5.32 Å². The van der Waals surface area contributed by atoms with Crippen LogP contribution in [0, 0.1) is 0 Å². The molecule has 1 aromatic carbocycles. The van der Waals surface area contributed by atoms with Crippen molar-refractivity contribution < 1.29 is 4.74 Å². The molecule has 2 nitrogen and oxygen atoms in total. The Balaban J connectivity index is 1.70. The molecule has 0 radical (unpaired) electrons. The molecule has 1 aliphatic rings. The van der Waals surface area contributed by atoms with Crippen LogP contribution in [0.2, 0.25) is 0 Å². The van der Waals surface area contributed by atoms with E-state index < -0.39 is 0 Å². The van der Waals surface area contributed by atoms with Crippen molar-refractivity contribution >= 4 is 0 Å². The van der Waals surface area contributed by atoms with Gasteiger partial charge in [0.05, 0.1) is 0 Å². The van der Waals surface area contributed by atoms with E-state index in [1.807, 2.05) is 0 Å². The lowest BCUT2D eigenvalue weighted by Gasteiger charge is -2.13. The van der Waals surface area contributed by atoms with Crippen molar-refractivity contribution in [2.45, 2.75) is 52.0 Å². The van der Waals surface area contributed by atoms with E-state index in [4.69, 9.17) is 4.74 Å². The number of hydrogen-bond donors (Lipinski definition) is 1. The molecule has 0 heterocycles. The molecule has 0 bridgehead atoms. The summed E-state index contributed by atoms with van der Waals surface area (Å²) >= 11 is 0. The summed E-state index contributed by atoms with van der Waals surface area (Å²) in [6.45, 7) is 6.14. The SMILES string of the molecule is CCCC(C)NCCOc1ccc2c(c1)CCC2. The molecule has 0 saturated carbocycles. The van der Waals surface area contributed by atoms with Gasteiger partial charge in [0.15, 0.2) is 0 Å².